The predicted octanol–water partition coefficient (Wildman–Crippen LogP) is 2.22. The van der Waals surface area contributed by atoms with Crippen LogP contribution in [0.2, 0.25) is 13.1 Å². The van der Waals surface area contributed by atoms with E-state index < -0.39 is 8.32 Å². The van der Waals surface area contributed by atoms with Gasteiger partial charge < -0.3 is 4.43 Å². The van der Waals surface area contributed by atoms with E-state index in [4.69, 9.17) is 4.43 Å². The molecule has 15 heavy (non-hydrogen) atoms. The van der Waals surface area contributed by atoms with Gasteiger partial charge in [0.25, 0.3) is 14.3 Å². The Kier molecular flexibility index (Phi) is 3.86. The third-order valence-corrected chi connectivity index (χ3v) is 4.61. The van der Waals surface area contributed by atoms with Crippen molar-refractivity contribution in [2.45, 2.75) is 19.5 Å². The fraction of sp³-hybridized carbons (Fsp3) is 0.250. The highest BCUT2D eigenvalue weighted by Gasteiger charge is 2.28. The van der Waals surface area contributed by atoms with Gasteiger partial charge in [-0.05, 0) is 18.3 Å². The van der Waals surface area contributed by atoms with E-state index in [9.17, 15) is 4.79 Å². The van der Waals surface area contributed by atoms with Crippen LogP contribution in [0.3, 0.4) is 0 Å². The van der Waals surface area contributed by atoms with Crippen molar-refractivity contribution in [3.8, 4) is 0 Å². The van der Waals surface area contributed by atoms with Gasteiger partial charge in [-0.2, -0.15) is 0 Å². The topological polar surface area (TPSA) is 26.3 Å². The molecule has 0 bridgehead atoms. The van der Waals surface area contributed by atoms with E-state index in [1.165, 1.54) is 0 Å². The lowest BCUT2D eigenvalue weighted by Crippen LogP contribution is -2.46. The van der Waals surface area contributed by atoms with Crippen molar-refractivity contribution >= 4 is 19.5 Å². The minimum Gasteiger partial charge on any atom is -0.515 e. The van der Waals surface area contributed by atoms with E-state index in [1.54, 1.807) is 6.08 Å². The van der Waals surface area contributed by atoms with Gasteiger partial charge in [-0.25, -0.2) is 0 Å². The van der Waals surface area contributed by atoms with Gasteiger partial charge in [0, 0.05) is 0 Å². The Bertz CT molecular complexity index is 344. The minimum atomic E-state index is -2.08. The molecule has 0 radical (unpaired) electrons. The molecule has 3 heteroatoms. The fourth-order valence-corrected chi connectivity index (χ4v) is 3.11. The Balaban J connectivity index is 2.75. The van der Waals surface area contributed by atoms with Gasteiger partial charge in [-0.3, -0.25) is 4.79 Å². The molecule has 0 heterocycles. The van der Waals surface area contributed by atoms with Crippen LogP contribution in [0.4, 0.5) is 0 Å². The zero-order valence-corrected chi connectivity index (χ0v) is 10.2. The summed E-state index contributed by atoms with van der Waals surface area (Å²) in [5, 5.41) is 1.13. The summed E-state index contributed by atoms with van der Waals surface area (Å²) in [5.41, 5.74) is 0. The molecule has 1 aromatic carbocycles. The first kappa shape index (κ1) is 11.7. The summed E-state index contributed by atoms with van der Waals surface area (Å²) in [7, 11) is -2.08. The van der Waals surface area contributed by atoms with Gasteiger partial charge in [-0.15, -0.1) is 6.58 Å². The van der Waals surface area contributed by atoms with Crippen molar-refractivity contribution in [2.75, 3.05) is 0 Å². The van der Waals surface area contributed by atoms with Gasteiger partial charge in [0.05, 0.1) is 6.42 Å². The first-order chi connectivity index (χ1) is 7.06. The van der Waals surface area contributed by atoms with E-state index >= 15 is 0 Å². The third-order valence-electron chi connectivity index (χ3n) is 2.15. The summed E-state index contributed by atoms with van der Waals surface area (Å²) < 4.78 is 5.49. The van der Waals surface area contributed by atoms with E-state index in [0.29, 0.717) is 0 Å². The second-order valence-electron chi connectivity index (χ2n) is 3.84. The van der Waals surface area contributed by atoms with Crippen molar-refractivity contribution < 1.29 is 9.22 Å². The maximum Gasteiger partial charge on any atom is 0.296 e. The highest BCUT2D eigenvalue weighted by Crippen LogP contribution is 2.06. The Hall–Kier alpha value is -1.35. The average molecular weight is 220 g/mol. The van der Waals surface area contributed by atoms with Gasteiger partial charge >= 0.3 is 0 Å². The maximum atomic E-state index is 11.4. The van der Waals surface area contributed by atoms with E-state index in [0.717, 1.165) is 5.19 Å². The molecule has 0 spiro atoms. The molecule has 0 unspecified atom stereocenters. The van der Waals surface area contributed by atoms with Gasteiger partial charge in [-0.1, -0.05) is 36.4 Å². The predicted molar refractivity (Wildman–Crippen MR) is 64.5 cm³/mol. The normalized spacial score (nSPS) is 10.8. The van der Waals surface area contributed by atoms with Crippen LogP contribution >= 0.6 is 0 Å². The highest BCUT2D eigenvalue weighted by molar-refractivity contribution is 6.85. The van der Waals surface area contributed by atoms with Gasteiger partial charge in [0.2, 0.25) is 0 Å². The number of hydrogen-bond donors (Lipinski definition) is 0. The molecule has 2 nitrogen and oxygen atoms in total. The first-order valence-electron chi connectivity index (χ1n) is 4.94. The van der Waals surface area contributed by atoms with Crippen molar-refractivity contribution in [1.29, 1.82) is 0 Å². The molecule has 0 aliphatic carbocycles. The monoisotopic (exact) mass is 220 g/mol. The van der Waals surface area contributed by atoms with Crippen molar-refractivity contribution in [2.24, 2.45) is 0 Å². The van der Waals surface area contributed by atoms with Crippen LogP contribution in [-0.2, 0) is 9.22 Å². The largest absolute Gasteiger partial charge is 0.515 e. The lowest BCUT2D eigenvalue weighted by molar-refractivity contribution is -0.134. The molecule has 1 aromatic rings. The Morgan fingerprint density at radius 2 is 2.00 bits per heavy atom. The molecule has 0 aliphatic rings. The fourth-order valence-electron chi connectivity index (χ4n) is 1.34. The van der Waals surface area contributed by atoms with E-state index in [1.807, 2.05) is 43.4 Å². The van der Waals surface area contributed by atoms with Crippen LogP contribution in [0.25, 0.3) is 0 Å². The molecule has 0 fully saturated rings. The summed E-state index contributed by atoms with van der Waals surface area (Å²) >= 11 is 0. The second kappa shape index (κ2) is 4.93. The average Bonchev–Trinajstić information content (AvgIpc) is 2.18. The van der Waals surface area contributed by atoms with Crippen LogP contribution in [0, 0.1) is 0 Å². The quantitative estimate of drug-likeness (QED) is 0.574. The summed E-state index contributed by atoms with van der Waals surface area (Å²) in [6, 6.07) is 9.90. The molecule has 0 saturated carbocycles. The van der Waals surface area contributed by atoms with Crippen LogP contribution in [-0.4, -0.2) is 14.3 Å². The maximum absolute atomic E-state index is 11.4. The first-order valence-corrected chi connectivity index (χ1v) is 7.85. The molecule has 0 atom stereocenters. The smallest absolute Gasteiger partial charge is 0.296 e. The van der Waals surface area contributed by atoms with Crippen LogP contribution in [0.5, 0.6) is 0 Å². The standard InChI is InChI=1S/C12H16O2Si/c1-4-8-12(13)14-15(2,3)11-9-6-5-7-10-11/h4-7,9-10H,1,8H2,2-3H3. The number of benzene rings is 1. The van der Waals surface area contributed by atoms with Crippen molar-refractivity contribution in [1.82, 2.24) is 0 Å². The molecular weight excluding hydrogens is 204 g/mol. The third kappa shape index (κ3) is 3.36. The van der Waals surface area contributed by atoms with Crippen LogP contribution < -0.4 is 5.19 Å². The Morgan fingerprint density at radius 3 is 2.53 bits per heavy atom. The van der Waals surface area contributed by atoms with Crippen molar-refractivity contribution in [3.63, 3.8) is 0 Å². The molecule has 0 N–H and O–H groups in total. The van der Waals surface area contributed by atoms with E-state index in [-0.39, 0.29) is 12.4 Å². The van der Waals surface area contributed by atoms with E-state index in [2.05, 4.69) is 6.58 Å². The highest BCUT2D eigenvalue weighted by atomic mass is 28.4. The van der Waals surface area contributed by atoms with Gasteiger partial charge in [0.1, 0.15) is 0 Å². The molecular formula is C12H16O2Si. The summed E-state index contributed by atoms with van der Waals surface area (Å²) in [6.07, 6.45) is 1.85. The zero-order chi connectivity index (χ0) is 11.3. The summed E-state index contributed by atoms with van der Waals surface area (Å²) in [6.45, 7) is 7.55. The number of carbonyl (C=O) groups is 1. The lowest BCUT2D eigenvalue weighted by atomic mass is 10.4. The number of hydrogen-bond acceptors (Lipinski definition) is 2. The molecule has 1 rings (SSSR count). The number of rotatable bonds is 4. The lowest BCUT2D eigenvalue weighted by Gasteiger charge is -2.22. The van der Waals surface area contributed by atoms with Gasteiger partial charge in [0.15, 0.2) is 0 Å². The van der Waals surface area contributed by atoms with Crippen LogP contribution in [0.15, 0.2) is 43.0 Å². The molecule has 0 saturated heterocycles. The Morgan fingerprint density at radius 1 is 1.40 bits per heavy atom. The minimum absolute atomic E-state index is 0.189. The Labute approximate surface area is 91.7 Å². The summed E-state index contributed by atoms with van der Waals surface area (Å²) in [4.78, 5) is 11.4. The van der Waals surface area contributed by atoms with Crippen LogP contribution in [0.1, 0.15) is 6.42 Å². The zero-order valence-electron chi connectivity index (χ0n) is 9.19. The molecule has 80 valence electrons. The SMILES string of the molecule is C=CCC(=O)O[Si](C)(C)c1ccccc1. The summed E-state index contributed by atoms with van der Waals surface area (Å²) in [5.74, 6) is -0.189. The molecule has 0 aromatic heterocycles. The molecule has 0 amide bonds. The number of carbonyl (C=O) groups excluding carboxylic acids is 1. The molecule has 0 aliphatic heterocycles. The van der Waals surface area contributed by atoms with Crippen molar-refractivity contribution in [3.05, 3.63) is 43.0 Å². The second-order valence-corrected chi connectivity index (χ2v) is 7.65.